The lowest BCUT2D eigenvalue weighted by Gasteiger charge is -2.37. The van der Waals surface area contributed by atoms with Crippen LogP contribution in [0.25, 0.3) is 0 Å². The molecule has 0 N–H and O–H groups in total. The van der Waals surface area contributed by atoms with E-state index < -0.39 is 4.92 Å². The Balaban J connectivity index is 1.85. The molecule has 1 aromatic heterocycles. The number of hydrogen-bond donors (Lipinski definition) is 0. The van der Waals surface area contributed by atoms with Gasteiger partial charge in [-0.3, -0.25) is 19.8 Å². The third-order valence-corrected chi connectivity index (χ3v) is 4.18. The van der Waals surface area contributed by atoms with Crippen molar-refractivity contribution in [3.63, 3.8) is 0 Å². The highest BCUT2D eigenvalue weighted by molar-refractivity contribution is 5.94. The summed E-state index contributed by atoms with van der Waals surface area (Å²) in [6, 6.07) is 8.36. The van der Waals surface area contributed by atoms with Gasteiger partial charge in [0.25, 0.3) is 5.69 Å². The molecule has 1 aromatic carbocycles. The smallest absolute Gasteiger partial charge is 0.269 e. The summed E-state index contributed by atoms with van der Waals surface area (Å²) < 4.78 is 1.85. The predicted molar refractivity (Wildman–Crippen MR) is 85.3 cm³/mol. The van der Waals surface area contributed by atoms with Crippen molar-refractivity contribution in [2.75, 3.05) is 4.90 Å². The van der Waals surface area contributed by atoms with Crippen molar-refractivity contribution in [2.24, 2.45) is 0 Å². The summed E-state index contributed by atoms with van der Waals surface area (Å²) in [6.45, 7) is 4.09. The molecule has 2 atom stereocenters. The van der Waals surface area contributed by atoms with Gasteiger partial charge >= 0.3 is 0 Å². The van der Waals surface area contributed by atoms with E-state index >= 15 is 0 Å². The number of carbonyl (C=O) groups excluding carboxylic acids is 1. The second-order valence-corrected chi connectivity index (χ2v) is 5.94. The zero-order valence-corrected chi connectivity index (χ0v) is 13.0. The van der Waals surface area contributed by atoms with E-state index in [0.29, 0.717) is 5.56 Å². The maximum absolute atomic E-state index is 12.7. The standard InChI is InChI=1S/C16H18N4O3/c1-11-8-12(2)19-15(6-7-17-19)18(11)16(21)10-13-4-3-5-14(9-13)20(22)23/h3-7,9,11-12H,8,10H2,1-2H3/t11-,12+/m1/s1. The average molecular weight is 314 g/mol. The van der Waals surface area contributed by atoms with Crippen molar-refractivity contribution >= 4 is 17.4 Å². The molecular weight excluding hydrogens is 296 g/mol. The van der Waals surface area contributed by atoms with Crippen LogP contribution in [0.5, 0.6) is 0 Å². The number of amides is 1. The zero-order valence-electron chi connectivity index (χ0n) is 13.0. The normalized spacial score (nSPS) is 20.2. The molecular formula is C16H18N4O3. The van der Waals surface area contributed by atoms with E-state index in [9.17, 15) is 14.9 Å². The van der Waals surface area contributed by atoms with Crippen LogP contribution in [0.3, 0.4) is 0 Å². The van der Waals surface area contributed by atoms with Crippen LogP contribution in [0.4, 0.5) is 11.5 Å². The molecule has 0 fully saturated rings. The number of hydrogen-bond acceptors (Lipinski definition) is 4. The van der Waals surface area contributed by atoms with Crippen LogP contribution < -0.4 is 4.90 Å². The fourth-order valence-corrected chi connectivity index (χ4v) is 3.18. The lowest BCUT2D eigenvalue weighted by molar-refractivity contribution is -0.384. The summed E-state index contributed by atoms with van der Waals surface area (Å²) in [5.74, 6) is 0.707. The molecule has 1 amide bonds. The maximum atomic E-state index is 12.7. The van der Waals surface area contributed by atoms with Crippen LogP contribution in [0.1, 0.15) is 31.9 Å². The molecule has 2 aromatic rings. The van der Waals surface area contributed by atoms with Crippen molar-refractivity contribution < 1.29 is 9.72 Å². The fourth-order valence-electron chi connectivity index (χ4n) is 3.18. The molecule has 0 saturated carbocycles. The second kappa shape index (κ2) is 5.83. The molecule has 120 valence electrons. The van der Waals surface area contributed by atoms with Gasteiger partial charge in [-0.2, -0.15) is 5.10 Å². The van der Waals surface area contributed by atoms with E-state index in [4.69, 9.17) is 0 Å². The summed E-state index contributed by atoms with van der Waals surface area (Å²) in [4.78, 5) is 24.9. The van der Waals surface area contributed by atoms with Gasteiger partial charge in [0.1, 0.15) is 5.82 Å². The highest BCUT2D eigenvalue weighted by atomic mass is 16.6. The van der Waals surface area contributed by atoms with E-state index in [-0.39, 0.29) is 30.1 Å². The predicted octanol–water partition coefficient (Wildman–Crippen LogP) is 2.72. The van der Waals surface area contributed by atoms with Gasteiger partial charge in [0, 0.05) is 24.2 Å². The molecule has 0 bridgehead atoms. The molecule has 0 unspecified atom stereocenters. The minimum Gasteiger partial charge on any atom is -0.294 e. The number of non-ortho nitro benzene ring substituents is 1. The first-order chi connectivity index (χ1) is 11.0. The van der Waals surface area contributed by atoms with Crippen LogP contribution in [0.15, 0.2) is 36.5 Å². The molecule has 7 heteroatoms. The van der Waals surface area contributed by atoms with Gasteiger partial charge in [-0.1, -0.05) is 12.1 Å². The minimum atomic E-state index is -0.450. The molecule has 3 rings (SSSR count). The number of benzene rings is 1. The van der Waals surface area contributed by atoms with Crippen molar-refractivity contribution in [1.82, 2.24) is 9.78 Å². The van der Waals surface area contributed by atoms with Crippen LogP contribution in [0.2, 0.25) is 0 Å². The Bertz CT molecular complexity index is 755. The van der Waals surface area contributed by atoms with Crippen LogP contribution in [-0.2, 0) is 11.2 Å². The second-order valence-electron chi connectivity index (χ2n) is 5.94. The monoisotopic (exact) mass is 314 g/mol. The Labute approximate surface area is 133 Å². The topological polar surface area (TPSA) is 81.3 Å². The number of aromatic nitrogens is 2. The molecule has 7 nitrogen and oxygen atoms in total. The molecule has 1 aliphatic heterocycles. The first kappa shape index (κ1) is 15.2. The highest BCUT2D eigenvalue weighted by Gasteiger charge is 2.32. The number of nitro benzene ring substituents is 1. The fraction of sp³-hybridized carbons (Fsp3) is 0.375. The Kier molecular flexibility index (Phi) is 3.85. The summed E-state index contributed by atoms with van der Waals surface area (Å²) in [5.41, 5.74) is 0.641. The van der Waals surface area contributed by atoms with E-state index in [0.717, 1.165) is 12.2 Å². The van der Waals surface area contributed by atoms with Crippen molar-refractivity contribution in [3.05, 3.63) is 52.2 Å². The molecule has 0 radical (unpaired) electrons. The number of carbonyl (C=O) groups is 1. The Morgan fingerprint density at radius 2 is 2.13 bits per heavy atom. The van der Waals surface area contributed by atoms with Crippen molar-refractivity contribution in [3.8, 4) is 0 Å². The van der Waals surface area contributed by atoms with Gasteiger partial charge in [-0.15, -0.1) is 0 Å². The van der Waals surface area contributed by atoms with Gasteiger partial charge < -0.3 is 0 Å². The molecule has 0 aliphatic carbocycles. The van der Waals surface area contributed by atoms with Gasteiger partial charge in [0.2, 0.25) is 5.91 Å². The summed E-state index contributed by atoms with van der Waals surface area (Å²) in [5, 5.41) is 15.1. The van der Waals surface area contributed by atoms with E-state index in [2.05, 4.69) is 12.0 Å². The minimum absolute atomic E-state index is 0.000608. The van der Waals surface area contributed by atoms with Gasteiger partial charge in [0.05, 0.1) is 23.6 Å². The van der Waals surface area contributed by atoms with Crippen LogP contribution in [-0.4, -0.2) is 26.7 Å². The molecule has 23 heavy (non-hydrogen) atoms. The average Bonchev–Trinajstić information content (AvgIpc) is 2.97. The number of fused-ring (bicyclic) bond motifs is 1. The first-order valence-electron chi connectivity index (χ1n) is 7.56. The lowest BCUT2D eigenvalue weighted by Crippen LogP contribution is -2.45. The summed E-state index contributed by atoms with van der Waals surface area (Å²) in [7, 11) is 0. The van der Waals surface area contributed by atoms with Crippen molar-refractivity contribution in [1.29, 1.82) is 0 Å². The quantitative estimate of drug-likeness (QED) is 0.644. The number of rotatable bonds is 3. The summed E-state index contributed by atoms with van der Waals surface area (Å²) >= 11 is 0. The van der Waals surface area contributed by atoms with E-state index in [1.807, 2.05) is 17.7 Å². The van der Waals surface area contributed by atoms with Gasteiger partial charge in [0.15, 0.2) is 0 Å². The maximum Gasteiger partial charge on any atom is 0.269 e. The molecule has 0 saturated heterocycles. The third kappa shape index (κ3) is 2.81. The highest BCUT2D eigenvalue weighted by Crippen LogP contribution is 2.31. The lowest BCUT2D eigenvalue weighted by atomic mass is 10.0. The first-order valence-corrected chi connectivity index (χ1v) is 7.56. The largest absolute Gasteiger partial charge is 0.294 e. The Morgan fingerprint density at radius 1 is 1.35 bits per heavy atom. The summed E-state index contributed by atoms with van der Waals surface area (Å²) in [6.07, 6.45) is 2.65. The third-order valence-electron chi connectivity index (χ3n) is 4.18. The van der Waals surface area contributed by atoms with Crippen LogP contribution in [0, 0.1) is 10.1 Å². The van der Waals surface area contributed by atoms with Gasteiger partial charge in [-0.25, -0.2) is 4.68 Å². The Morgan fingerprint density at radius 3 is 2.87 bits per heavy atom. The van der Waals surface area contributed by atoms with Crippen molar-refractivity contribution in [2.45, 2.75) is 38.8 Å². The number of anilines is 1. The number of nitro groups is 1. The molecule has 1 aliphatic rings. The molecule has 0 spiro atoms. The van der Waals surface area contributed by atoms with E-state index in [1.54, 1.807) is 23.2 Å². The van der Waals surface area contributed by atoms with Crippen LogP contribution >= 0.6 is 0 Å². The SMILES string of the molecule is C[C@@H]1C[C@H](C)n2nccc2N1C(=O)Cc1cccc([N+](=O)[O-])c1. The van der Waals surface area contributed by atoms with E-state index in [1.165, 1.54) is 12.1 Å². The zero-order chi connectivity index (χ0) is 16.6. The molecule has 2 heterocycles. The number of nitrogens with zero attached hydrogens (tertiary/aromatic N) is 4. The Hall–Kier alpha value is -2.70. The van der Waals surface area contributed by atoms with Gasteiger partial charge in [-0.05, 0) is 25.8 Å².